The fourth-order valence-electron chi connectivity index (χ4n) is 3.31. The van der Waals surface area contributed by atoms with Gasteiger partial charge >= 0.3 is 11.9 Å². The van der Waals surface area contributed by atoms with E-state index in [9.17, 15) is 36.2 Å². The van der Waals surface area contributed by atoms with Crippen LogP contribution in [0.1, 0.15) is 18.1 Å². The summed E-state index contributed by atoms with van der Waals surface area (Å²) in [6, 6.07) is 10.3. The Kier molecular flexibility index (Phi) is 6.91. The molecule has 0 unspecified atom stereocenters. The van der Waals surface area contributed by atoms with Crippen molar-refractivity contribution < 1.29 is 31.4 Å². The molecular formula is C21H15ClF6N6O2. The summed E-state index contributed by atoms with van der Waals surface area (Å²) in [7, 11) is 0. The maximum absolute atomic E-state index is 13.6. The van der Waals surface area contributed by atoms with Crippen LogP contribution >= 0.6 is 11.6 Å². The lowest BCUT2D eigenvalue weighted by Gasteiger charge is -2.15. The zero-order valence-corrected chi connectivity index (χ0v) is 18.6. The highest BCUT2D eigenvalue weighted by Gasteiger charge is 2.39. The third kappa shape index (κ3) is 5.28. The molecule has 2 heterocycles. The van der Waals surface area contributed by atoms with Crippen molar-refractivity contribution in [2.75, 3.05) is 0 Å². The minimum absolute atomic E-state index is 0.0583. The maximum Gasteiger partial charge on any atom is 0.416 e. The van der Waals surface area contributed by atoms with Crippen LogP contribution in [-0.4, -0.2) is 46.5 Å². The number of hydrogen-bond acceptors (Lipinski definition) is 5. The fraction of sp³-hybridized carbons (Fsp3) is 0.238. The third-order valence-electron chi connectivity index (χ3n) is 4.97. The van der Waals surface area contributed by atoms with E-state index in [1.807, 2.05) is 0 Å². The minimum atomic E-state index is -5.02. The number of nitrogens with zero attached hydrogens (tertiary/aromatic N) is 6. The van der Waals surface area contributed by atoms with Gasteiger partial charge in [0.15, 0.2) is 23.6 Å². The Morgan fingerprint density at radius 1 is 1.06 bits per heavy atom. The predicted octanol–water partition coefficient (Wildman–Crippen LogP) is 3.99. The fourth-order valence-corrected chi connectivity index (χ4v) is 3.43. The Morgan fingerprint density at radius 3 is 2.36 bits per heavy atom. The summed E-state index contributed by atoms with van der Waals surface area (Å²) in [5.41, 5.74) is -0.933. The van der Waals surface area contributed by atoms with Crippen LogP contribution in [0.4, 0.5) is 26.3 Å². The molecule has 4 aromatic rings. The summed E-state index contributed by atoms with van der Waals surface area (Å²) in [6.07, 6.45) is -11.0. The van der Waals surface area contributed by atoms with Crippen LogP contribution in [0.5, 0.6) is 0 Å². The summed E-state index contributed by atoms with van der Waals surface area (Å²) in [4.78, 5) is 16.6. The smallest absolute Gasteiger partial charge is 0.382 e. The van der Waals surface area contributed by atoms with Gasteiger partial charge in [-0.05, 0) is 42.5 Å². The highest BCUT2D eigenvalue weighted by Crippen LogP contribution is 2.25. The predicted molar refractivity (Wildman–Crippen MR) is 114 cm³/mol. The number of aliphatic hydroxyl groups excluding tert-OH is 1. The Labute approximate surface area is 203 Å². The molecule has 190 valence electrons. The summed E-state index contributed by atoms with van der Waals surface area (Å²) >= 11 is 5.84. The normalized spacial score (nSPS) is 12.9. The van der Waals surface area contributed by atoms with E-state index in [2.05, 4.69) is 15.2 Å². The quantitative estimate of drug-likeness (QED) is 0.364. The van der Waals surface area contributed by atoms with Crippen molar-refractivity contribution in [3.63, 3.8) is 0 Å². The van der Waals surface area contributed by atoms with Gasteiger partial charge in [0.05, 0.1) is 12.2 Å². The van der Waals surface area contributed by atoms with Crippen LogP contribution in [0.2, 0.25) is 5.02 Å². The van der Waals surface area contributed by atoms with Gasteiger partial charge in [-0.2, -0.15) is 13.2 Å². The molecule has 36 heavy (non-hydrogen) atoms. The number of aliphatic hydroxyl groups is 1. The Morgan fingerprint density at radius 2 is 1.75 bits per heavy atom. The first-order valence-corrected chi connectivity index (χ1v) is 10.5. The molecule has 0 aliphatic heterocycles. The van der Waals surface area contributed by atoms with Crippen molar-refractivity contribution in [1.29, 1.82) is 0 Å². The van der Waals surface area contributed by atoms with E-state index in [1.54, 1.807) is 0 Å². The second-order valence-electron chi connectivity index (χ2n) is 7.52. The summed E-state index contributed by atoms with van der Waals surface area (Å²) in [5.74, 6) is -2.12. The SMILES string of the molecule is O=c1n(Cc2nc(C(F)F)n(-c3cccc(F)c3)n2)nc(-c2ccc(Cl)cc2)n1C[C@H](O)C(F)(F)F. The van der Waals surface area contributed by atoms with Crippen LogP contribution < -0.4 is 5.69 Å². The largest absolute Gasteiger partial charge is 0.416 e. The molecule has 2 aromatic carbocycles. The third-order valence-corrected chi connectivity index (χ3v) is 5.23. The van der Waals surface area contributed by atoms with E-state index >= 15 is 0 Å². The van der Waals surface area contributed by atoms with Gasteiger partial charge in [0.2, 0.25) is 0 Å². The van der Waals surface area contributed by atoms with Crippen molar-refractivity contribution in [2.45, 2.75) is 31.8 Å². The van der Waals surface area contributed by atoms with Gasteiger partial charge < -0.3 is 5.11 Å². The van der Waals surface area contributed by atoms with Gasteiger partial charge in [0.1, 0.15) is 12.4 Å². The molecule has 0 fully saturated rings. The van der Waals surface area contributed by atoms with Crippen LogP contribution in [0.25, 0.3) is 17.1 Å². The van der Waals surface area contributed by atoms with Gasteiger partial charge in [-0.3, -0.25) is 4.57 Å². The summed E-state index contributed by atoms with van der Waals surface area (Å²) in [5, 5.41) is 17.8. The van der Waals surface area contributed by atoms with E-state index in [4.69, 9.17) is 11.6 Å². The molecule has 0 saturated heterocycles. The second kappa shape index (κ2) is 9.78. The molecular weight excluding hydrogens is 518 g/mol. The lowest BCUT2D eigenvalue weighted by molar-refractivity contribution is -0.207. The van der Waals surface area contributed by atoms with Crippen molar-refractivity contribution in [3.05, 3.63) is 81.5 Å². The highest BCUT2D eigenvalue weighted by atomic mass is 35.5. The van der Waals surface area contributed by atoms with E-state index < -0.39 is 49.1 Å². The average Bonchev–Trinajstić information content (AvgIpc) is 3.36. The van der Waals surface area contributed by atoms with Crippen molar-refractivity contribution in [3.8, 4) is 17.1 Å². The molecule has 1 atom stereocenters. The molecule has 8 nitrogen and oxygen atoms in total. The van der Waals surface area contributed by atoms with Gasteiger partial charge in [-0.15, -0.1) is 10.2 Å². The number of hydrogen-bond donors (Lipinski definition) is 1. The lowest BCUT2D eigenvalue weighted by atomic mass is 10.2. The molecule has 0 amide bonds. The number of alkyl halides is 5. The van der Waals surface area contributed by atoms with Gasteiger partial charge in [0.25, 0.3) is 6.43 Å². The van der Waals surface area contributed by atoms with Crippen molar-refractivity contribution >= 4 is 11.6 Å². The molecule has 0 aliphatic carbocycles. The maximum atomic E-state index is 13.6. The summed E-state index contributed by atoms with van der Waals surface area (Å²) < 4.78 is 81.7. The van der Waals surface area contributed by atoms with Gasteiger partial charge in [0, 0.05) is 10.6 Å². The van der Waals surface area contributed by atoms with Crippen molar-refractivity contribution in [1.82, 2.24) is 29.1 Å². The average molecular weight is 533 g/mol. The molecule has 15 heteroatoms. The number of halogens is 7. The molecule has 0 bridgehead atoms. The minimum Gasteiger partial charge on any atom is -0.382 e. The standard InChI is InChI=1S/C21H15ClF6N6O2/c22-12-6-4-11(5-7-12)18-31-33(20(36)32(18)9-15(35)21(26,27)28)10-16-29-19(17(24)25)34(30-16)14-3-1-2-13(23)8-14/h1-8,15,17,35H,9-10H2/t15-/m0/s1. The number of rotatable bonds is 7. The zero-order valence-electron chi connectivity index (χ0n) is 17.9. The van der Waals surface area contributed by atoms with Crippen LogP contribution in [-0.2, 0) is 13.1 Å². The first-order chi connectivity index (χ1) is 16.9. The van der Waals surface area contributed by atoms with Gasteiger partial charge in [-0.25, -0.2) is 32.3 Å². The molecule has 4 rings (SSSR count). The highest BCUT2D eigenvalue weighted by molar-refractivity contribution is 6.30. The first kappa shape index (κ1) is 25.4. The van der Waals surface area contributed by atoms with Crippen molar-refractivity contribution in [2.24, 2.45) is 0 Å². The Balaban J connectivity index is 1.77. The summed E-state index contributed by atoms with van der Waals surface area (Å²) in [6.45, 7) is -1.77. The van der Waals surface area contributed by atoms with Gasteiger partial charge in [-0.1, -0.05) is 17.7 Å². The van der Waals surface area contributed by atoms with Crippen LogP contribution in [0.3, 0.4) is 0 Å². The monoisotopic (exact) mass is 532 g/mol. The molecule has 2 aromatic heterocycles. The Bertz CT molecular complexity index is 1430. The zero-order chi connectivity index (χ0) is 26.2. The number of benzene rings is 2. The molecule has 0 radical (unpaired) electrons. The van der Waals surface area contributed by atoms with E-state index in [0.29, 0.717) is 19.0 Å². The molecule has 0 spiro atoms. The Hall–Kier alpha value is -3.65. The molecule has 0 aliphatic rings. The molecule has 0 saturated carbocycles. The topological polar surface area (TPSA) is 90.8 Å². The molecule has 1 N–H and O–H groups in total. The lowest BCUT2D eigenvalue weighted by Crippen LogP contribution is -2.37. The number of aromatic nitrogens is 6. The first-order valence-electron chi connectivity index (χ1n) is 10.1. The second-order valence-corrected chi connectivity index (χ2v) is 7.95. The van der Waals surface area contributed by atoms with E-state index in [-0.39, 0.29) is 22.9 Å². The van der Waals surface area contributed by atoms with E-state index in [0.717, 1.165) is 12.1 Å². The van der Waals surface area contributed by atoms with Crippen LogP contribution in [0, 0.1) is 5.82 Å². The van der Waals surface area contributed by atoms with E-state index in [1.165, 1.54) is 36.4 Å². The van der Waals surface area contributed by atoms with Crippen LogP contribution in [0.15, 0.2) is 53.3 Å².